The first-order valence-electron chi connectivity index (χ1n) is 7.71. The molecule has 0 aromatic carbocycles. The standard InChI is InChI=1S/C16H23NO3/c1-11-8-10-20-15(11)16(19)17-9-3-2-6-13(17)12-5-4-7-14(12)18/h8,10,12-14,18H,2-7,9H2,1H3. The molecule has 0 radical (unpaired) electrons. The van der Waals surface area contributed by atoms with Crippen LogP contribution in [-0.2, 0) is 0 Å². The van der Waals surface area contributed by atoms with Crippen LogP contribution in [0.25, 0.3) is 0 Å². The number of carbonyl (C=O) groups is 1. The highest BCUT2D eigenvalue weighted by molar-refractivity contribution is 5.93. The molecule has 0 spiro atoms. The Balaban J connectivity index is 1.82. The number of amides is 1. The van der Waals surface area contributed by atoms with Gasteiger partial charge in [-0.05, 0) is 45.1 Å². The van der Waals surface area contributed by atoms with Gasteiger partial charge in [-0.1, -0.05) is 6.42 Å². The zero-order valence-corrected chi connectivity index (χ0v) is 12.0. The smallest absolute Gasteiger partial charge is 0.290 e. The van der Waals surface area contributed by atoms with E-state index in [0.29, 0.717) is 5.76 Å². The summed E-state index contributed by atoms with van der Waals surface area (Å²) in [5, 5.41) is 10.2. The third kappa shape index (κ3) is 2.37. The lowest BCUT2D eigenvalue weighted by atomic mass is 9.87. The minimum absolute atomic E-state index is 0.00343. The molecule has 1 saturated carbocycles. The van der Waals surface area contributed by atoms with Crippen molar-refractivity contribution in [2.24, 2.45) is 5.92 Å². The maximum absolute atomic E-state index is 12.7. The molecular weight excluding hydrogens is 254 g/mol. The normalized spacial score (nSPS) is 30.7. The maximum Gasteiger partial charge on any atom is 0.290 e. The Kier molecular flexibility index (Phi) is 3.83. The van der Waals surface area contributed by atoms with Crippen LogP contribution < -0.4 is 0 Å². The Bertz CT molecular complexity index is 482. The Labute approximate surface area is 119 Å². The lowest BCUT2D eigenvalue weighted by Gasteiger charge is -2.40. The minimum Gasteiger partial charge on any atom is -0.459 e. The van der Waals surface area contributed by atoms with Gasteiger partial charge in [0, 0.05) is 24.1 Å². The quantitative estimate of drug-likeness (QED) is 0.904. The molecule has 1 saturated heterocycles. The van der Waals surface area contributed by atoms with E-state index < -0.39 is 0 Å². The van der Waals surface area contributed by atoms with Crippen LogP contribution in [-0.4, -0.2) is 34.6 Å². The van der Waals surface area contributed by atoms with Crippen molar-refractivity contribution in [3.05, 3.63) is 23.7 Å². The summed E-state index contributed by atoms with van der Waals surface area (Å²) in [4.78, 5) is 14.7. The van der Waals surface area contributed by atoms with Gasteiger partial charge >= 0.3 is 0 Å². The number of aliphatic hydroxyl groups is 1. The first-order valence-corrected chi connectivity index (χ1v) is 7.71. The van der Waals surface area contributed by atoms with Gasteiger partial charge in [-0.3, -0.25) is 4.79 Å². The molecule has 1 N–H and O–H groups in total. The molecule has 3 rings (SSSR count). The molecule has 2 heterocycles. The largest absolute Gasteiger partial charge is 0.459 e. The van der Waals surface area contributed by atoms with Crippen LogP contribution in [0.1, 0.15) is 54.6 Å². The van der Waals surface area contributed by atoms with Crippen molar-refractivity contribution in [3.8, 4) is 0 Å². The second-order valence-corrected chi connectivity index (χ2v) is 6.16. The molecule has 1 aromatic heterocycles. The van der Waals surface area contributed by atoms with Crippen molar-refractivity contribution < 1.29 is 14.3 Å². The van der Waals surface area contributed by atoms with E-state index in [0.717, 1.165) is 50.6 Å². The van der Waals surface area contributed by atoms with Crippen LogP contribution in [0.4, 0.5) is 0 Å². The number of likely N-dealkylation sites (tertiary alicyclic amines) is 1. The van der Waals surface area contributed by atoms with Crippen LogP contribution in [0.5, 0.6) is 0 Å². The Morgan fingerprint density at radius 3 is 2.80 bits per heavy atom. The number of furan rings is 1. The van der Waals surface area contributed by atoms with Gasteiger partial charge in [0.25, 0.3) is 5.91 Å². The third-order valence-electron chi connectivity index (χ3n) is 4.89. The monoisotopic (exact) mass is 277 g/mol. The summed E-state index contributed by atoms with van der Waals surface area (Å²) >= 11 is 0. The number of nitrogens with zero attached hydrogens (tertiary/aromatic N) is 1. The first kappa shape index (κ1) is 13.7. The average molecular weight is 277 g/mol. The first-order chi connectivity index (χ1) is 9.68. The van der Waals surface area contributed by atoms with E-state index >= 15 is 0 Å². The van der Waals surface area contributed by atoms with Crippen LogP contribution in [0.3, 0.4) is 0 Å². The molecule has 1 amide bonds. The molecule has 4 heteroatoms. The van der Waals surface area contributed by atoms with Gasteiger partial charge in [-0.2, -0.15) is 0 Å². The summed E-state index contributed by atoms with van der Waals surface area (Å²) in [6, 6.07) is 2.01. The van der Waals surface area contributed by atoms with Crippen LogP contribution in [0.2, 0.25) is 0 Å². The van der Waals surface area contributed by atoms with E-state index in [-0.39, 0.29) is 24.0 Å². The molecule has 1 aromatic rings. The molecule has 3 atom stereocenters. The molecule has 20 heavy (non-hydrogen) atoms. The van der Waals surface area contributed by atoms with Crippen molar-refractivity contribution in [1.29, 1.82) is 0 Å². The van der Waals surface area contributed by atoms with E-state index in [4.69, 9.17) is 4.42 Å². The van der Waals surface area contributed by atoms with E-state index in [2.05, 4.69) is 0 Å². The van der Waals surface area contributed by atoms with Gasteiger partial charge in [0.2, 0.25) is 0 Å². The van der Waals surface area contributed by atoms with E-state index in [1.165, 1.54) is 0 Å². The highest BCUT2D eigenvalue weighted by Gasteiger charge is 2.39. The topological polar surface area (TPSA) is 53.7 Å². The number of aryl methyl sites for hydroxylation is 1. The van der Waals surface area contributed by atoms with Crippen molar-refractivity contribution in [2.75, 3.05) is 6.54 Å². The number of hydrogen-bond donors (Lipinski definition) is 1. The molecular formula is C16H23NO3. The van der Waals surface area contributed by atoms with Crippen LogP contribution >= 0.6 is 0 Å². The van der Waals surface area contributed by atoms with Gasteiger partial charge in [-0.25, -0.2) is 0 Å². The molecule has 110 valence electrons. The zero-order chi connectivity index (χ0) is 14.1. The van der Waals surface area contributed by atoms with Gasteiger partial charge in [0.15, 0.2) is 5.76 Å². The molecule has 3 unspecified atom stereocenters. The number of piperidine rings is 1. The summed E-state index contributed by atoms with van der Waals surface area (Å²) in [5.74, 6) is 0.704. The maximum atomic E-state index is 12.7. The van der Waals surface area contributed by atoms with Gasteiger partial charge in [-0.15, -0.1) is 0 Å². The fraction of sp³-hybridized carbons (Fsp3) is 0.688. The van der Waals surface area contributed by atoms with Crippen molar-refractivity contribution in [2.45, 2.75) is 57.6 Å². The highest BCUT2D eigenvalue weighted by Crippen LogP contribution is 2.36. The summed E-state index contributed by atoms with van der Waals surface area (Å²) in [5.41, 5.74) is 0.895. The lowest BCUT2D eigenvalue weighted by molar-refractivity contribution is 0.0265. The number of aliphatic hydroxyl groups excluding tert-OH is 1. The van der Waals surface area contributed by atoms with Crippen molar-refractivity contribution in [1.82, 2.24) is 4.90 Å². The predicted octanol–water partition coefficient (Wildman–Crippen LogP) is 2.74. The SMILES string of the molecule is Cc1ccoc1C(=O)N1CCCCC1C1CCCC1O. The molecule has 0 bridgehead atoms. The molecule has 2 aliphatic rings. The van der Waals surface area contributed by atoms with E-state index in [1.54, 1.807) is 6.26 Å². The number of carbonyl (C=O) groups excluding carboxylic acids is 1. The van der Waals surface area contributed by atoms with Crippen LogP contribution in [0.15, 0.2) is 16.7 Å². The summed E-state index contributed by atoms with van der Waals surface area (Å²) in [6.45, 7) is 2.69. The van der Waals surface area contributed by atoms with Crippen molar-refractivity contribution in [3.63, 3.8) is 0 Å². The van der Waals surface area contributed by atoms with E-state index in [1.807, 2.05) is 17.9 Å². The predicted molar refractivity (Wildman–Crippen MR) is 75.5 cm³/mol. The molecule has 4 nitrogen and oxygen atoms in total. The fourth-order valence-corrected chi connectivity index (χ4v) is 3.79. The minimum atomic E-state index is -0.244. The van der Waals surface area contributed by atoms with Gasteiger partial charge in [0.1, 0.15) is 0 Å². The lowest BCUT2D eigenvalue weighted by Crippen LogP contribution is -2.49. The van der Waals surface area contributed by atoms with Gasteiger partial charge in [0.05, 0.1) is 12.4 Å². The second kappa shape index (κ2) is 5.60. The molecule has 2 fully saturated rings. The Morgan fingerprint density at radius 2 is 2.15 bits per heavy atom. The average Bonchev–Trinajstić information content (AvgIpc) is 3.06. The summed E-state index contributed by atoms with van der Waals surface area (Å²) < 4.78 is 5.36. The second-order valence-electron chi connectivity index (χ2n) is 6.16. The highest BCUT2D eigenvalue weighted by atomic mass is 16.3. The summed E-state index contributed by atoms with van der Waals surface area (Å²) in [7, 11) is 0. The Hall–Kier alpha value is -1.29. The molecule has 1 aliphatic heterocycles. The number of rotatable bonds is 2. The van der Waals surface area contributed by atoms with Crippen LogP contribution in [0, 0.1) is 12.8 Å². The van der Waals surface area contributed by atoms with E-state index in [9.17, 15) is 9.90 Å². The van der Waals surface area contributed by atoms with Gasteiger partial charge < -0.3 is 14.4 Å². The zero-order valence-electron chi connectivity index (χ0n) is 12.0. The number of hydrogen-bond acceptors (Lipinski definition) is 3. The third-order valence-corrected chi connectivity index (χ3v) is 4.89. The summed E-state index contributed by atoms with van der Waals surface area (Å²) in [6.07, 6.45) is 7.52. The van der Waals surface area contributed by atoms with Crippen molar-refractivity contribution >= 4 is 5.91 Å². The Morgan fingerprint density at radius 1 is 1.30 bits per heavy atom. The fourth-order valence-electron chi connectivity index (χ4n) is 3.79. The molecule has 1 aliphatic carbocycles.